The molecule has 0 bridgehead atoms. The molecule has 0 spiro atoms. The second kappa shape index (κ2) is 5.05. The first kappa shape index (κ1) is 12.4. The van der Waals surface area contributed by atoms with E-state index in [0.29, 0.717) is 5.82 Å². The minimum atomic E-state index is -1.05. The van der Waals surface area contributed by atoms with Crippen molar-refractivity contribution < 1.29 is 9.90 Å². The van der Waals surface area contributed by atoms with E-state index in [0.717, 1.165) is 12.2 Å². The first-order valence-corrected chi connectivity index (χ1v) is 5.66. The number of nitrogens with zero attached hydrogens (tertiary/aromatic N) is 3. The van der Waals surface area contributed by atoms with Gasteiger partial charge in [-0.05, 0) is 19.1 Å². The molecule has 0 saturated heterocycles. The predicted molar refractivity (Wildman–Crippen MR) is 67.4 cm³/mol. The largest absolute Gasteiger partial charge is 0.478 e. The van der Waals surface area contributed by atoms with Crippen LogP contribution in [-0.4, -0.2) is 25.8 Å². The summed E-state index contributed by atoms with van der Waals surface area (Å²) in [6, 6.07) is 2.71. The number of hydrogen-bond acceptors (Lipinski definition) is 4. The van der Waals surface area contributed by atoms with Crippen molar-refractivity contribution in [2.75, 3.05) is 5.32 Å². The van der Waals surface area contributed by atoms with E-state index >= 15 is 0 Å². The van der Waals surface area contributed by atoms with Crippen LogP contribution in [-0.2, 0) is 6.54 Å². The lowest BCUT2D eigenvalue weighted by molar-refractivity contribution is 0.0697. The molecule has 0 atom stereocenters. The number of aromatic nitrogens is 3. The molecule has 0 amide bonds. The molecule has 0 saturated carbocycles. The Kier molecular flexibility index (Phi) is 3.47. The van der Waals surface area contributed by atoms with E-state index < -0.39 is 5.97 Å². The van der Waals surface area contributed by atoms with Gasteiger partial charge >= 0.3 is 5.97 Å². The number of carboxylic acid groups (broad SMARTS) is 1. The summed E-state index contributed by atoms with van der Waals surface area (Å²) >= 11 is 5.76. The van der Waals surface area contributed by atoms with Gasteiger partial charge in [-0.3, -0.25) is 4.68 Å². The van der Waals surface area contributed by atoms with Crippen molar-refractivity contribution in [3.05, 3.63) is 35.2 Å². The maximum Gasteiger partial charge on any atom is 0.335 e. The molecule has 2 N–H and O–H groups in total. The van der Waals surface area contributed by atoms with Crippen LogP contribution in [0.15, 0.2) is 24.5 Å². The van der Waals surface area contributed by atoms with Gasteiger partial charge in [0, 0.05) is 12.7 Å². The van der Waals surface area contributed by atoms with Crippen molar-refractivity contribution >= 4 is 29.1 Å². The van der Waals surface area contributed by atoms with Crippen LogP contribution < -0.4 is 5.32 Å². The van der Waals surface area contributed by atoms with Crippen LogP contribution in [0.1, 0.15) is 17.3 Å². The molecule has 2 rings (SSSR count). The highest BCUT2D eigenvalue weighted by atomic mass is 35.5. The Morgan fingerprint density at radius 1 is 1.56 bits per heavy atom. The summed E-state index contributed by atoms with van der Waals surface area (Å²) in [6.45, 7) is 2.72. The van der Waals surface area contributed by atoms with Gasteiger partial charge < -0.3 is 10.4 Å². The molecule has 0 aliphatic rings. The van der Waals surface area contributed by atoms with Crippen LogP contribution in [0.4, 0.5) is 11.5 Å². The van der Waals surface area contributed by atoms with Gasteiger partial charge in [-0.1, -0.05) is 11.6 Å². The third-order valence-electron chi connectivity index (χ3n) is 2.27. The van der Waals surface area contributed by atoms with Gasteiger partial charge in [-0.2, -0.15) is 5.10 Å². The summed E-state index contributed by atoms with van der Waals surface area (Å²) in [5, 5.41) is 16.1. The average molecular weight is 267 g/mol. The van der Waals surface area contributed by atoms with Crippen molar-refractivity contribution in [3.8, 4) is 0 Å². The lowest BCUT2D eigenvalue weighted by Gasteiger charge is -2.04. The second-order valence-corrected chi connectivity index (χ2v) is 3.97. The van der Waals surface area contributed by atoms with E-state index in [1.807, 2.05) is 6.92 Å². The standard InChI is InChI=1S/C11H11ClN4O2/c1-2-16-6-8(5-13-16)14-10-4-7(11(17)18)3-9(12)15-10/h3-6H,2H2,1H3,(H,14,15)(H,17,18). The van der Waals surface area contributed by atoms with Crippen LogP contribution in [0.25, 0.3) is 0 Å². The second-order valence-electron chi connectivity index (χ2n) is 3.58. The minimum absolute atomic E-state index is 0.0837. The molecule has 0 unspecified atom stereocenters. The van der Waals surface area contributed by atoms with E-state index in [1.165, 1.54) is 12.1 Å². The van der Waals surface area contributed by atoms with Crippen LogP contribution in [0.5, 0.6) is 0 Å². The lowest BCUT2D eigenvalue weighted by Crippen LogP contribution is -2.00. The number of nitrogens with one attached hydrogen (secondary N) is 1. The van der Waals surface area contributed by atoms with Crippen molar-refractivity contribution in [2.45, 2.75) is 13.5 Å². The van der Waals surface area contributed by atoms with Crippen molar-refractivity contribution in [2.24, 2.45) is 0 Å². The highest BCUT2D eigenvalue weighted by Gasteiger charge is 2.08. The molecule has 0 aromatic carbocycles. The third-order valence-corrected chi connectivity index (χ3v) is 2.46. The Morgan fingerprint density at radius 3 is 2.94 bits per heavy atom. The molecule has 2 aromatic heterocycles. The molecule has 7 heteroatoms. The number of hydrogen-bond donors (Lipinski definition) is 2. The van der Waals surface area contributed by atoms with E-state index in [2.05, 4.69) is 15.4 Å². The zero-order valence-corrected chi connectivity index (χ0v) is 10.3. The van der Waals surface area contributed by atoms with E-state index in [4.69, 9.17) is 16.7 Å². The van der Waals surface area contributed by atoms with Gasteiger partial charge in [-0.15, -0.1) is 0 Å². The Morgan fingerprint density at radius 2 is 2.33 bits per heavy atom. The van der Waals surface area contributed by atoms with Crippen molar-refractivity contribution in [1.82, 2.24) is 14.8 Å². The Hall–Kier alpha value is -2.08. The van der Waals surface area contributed by atoms with Gasteiger partial charge in [0.15, 0.2) is 0 Å². The normalized spacial score (nSPS) is 10.3. The summed E-state index contributed by atoms with van der Waals surface area (Å²) in [7, 11) is 0. The zero-order valence-electron chi connectivity index (χ0n) is 9.59. The Bertz CT molecular complexity index is 582. The summed E-state index contributed by atoms with van der Waals surface area (Å²) < 4.78 is 1.74. The number of pyridine rings is 1. The first-order valence-electron chi connectivity index (χ1n) is 5.29. The van der Waals surface area contributed by atoms with Crippen LogP contribution in [0.3, 0.4) is 0 Å². The topological polar surface area (TPSA) is 80.0 Å². The van der Waals surface area contributed by atoms with Gasteiger partial charge in [0.05, 0.1) is 17.4 Å². The Labute approximate surface area is 108 Å². The van der Waals surface area contributed by atoms with Crippen LogP contribution in [0.2, 0.25) is 5.15 Å². The zero-order chi connectivity index (χ0) is 13.1. The smallest absolute Gasteiger partial charge is 0.335 e. The molecule has 0 aliphatic carbocycles. The maximum atomic E-state index is 10.9. The monoisotopic (exact) mass is 266 g/mol. The fourth-order valence-electron chi connectivity index (χ4n) is 1.43. The SMILES string of the molecule is CCn1cc(Nc2cc(C(=O)O)cc(Cl)n2)cn1. The molecule has 0 radical (unpaired) electrons. The predicted octanol–water partition coefficient (Wildman–Crippen LogP) is 2.39. The number of carbonyl (C=O) groups is 1. The summed E-state index contributed by atoms with van der Waals surface area (Å²) in [6.07, 6.45) is 3.43. The number of rotatable bonds is 4. The minimum Gasteiger partial charge on any atom is -0.478 e. The third kappa shape index (κ3) is 2.78. The average Bonchev–Trinajstić information content (AvgIpc) is 2.76. The summed E-state index contributed by atoms with van der Waals surface area (Å²) in [4.78, 5) is 14.9. The number of aromatic carboxylic acids is 1. The van der Waals surface area contributed by atoms with E-state index in [1.54, 1.807) is 17.1 Å². The molecule has 18 heavy (non-hydrogen) atoms. The lowest BCUT2D eigenvalue weighted by atomic mass is 10.2. The highest BCUT2D eigenvalue weighted by Crippen LogP contribution is 2.18. The number of halogens is 1. The highest BCUT2D eigenvalue weighted by molar-refractivity contribution is 6.29. The Balaban J connectivity index is 2.25. The quantitative estimate of drug-likeness (QED) is 0.831. The molecule has 94 valence electrons. The fraction of sp³-hybridized carbons (Fsp3) is 0.182. The molecular weight excluding hydrogens is 256 g/mol. The maximum absolute atomic E-state index is 10.9. The van der Waals surface area contributed by atoms with Crippen LogP contribution >= 0.6 is 11.6 Å². The van der Waals surface area contributed by atoms with Gasteiger partial charge in [0.1, 0.15) is 11.0 Å². The summed E-state index contributed by atoms with van der Waals surface area (Å²) in [5.41, 5.74) is 0.809. The van der Waals surface area contributed by atoms with Gasteiger partial charge in [0.25, 0.3) is 0 Å². The van der Waals surface area contributed by atoms with Gasteiger partial charge in [-0.25, -0.2) is 9.78 Å². The molecule has 2 heterocycles. The summed E-state index contributed by atoms with van der Waals surface area (Å²) in [5.74, 6) is -0.679. The van der Waals surface area contributed by atoms with E-state index in [-0.39, 0.29) is 10.7 Å². The number of anilines is 2. The van der Waals surface area contributed by atoms with E-state index in [9.17, 15) is 4.79 Å². The van der Waals surface area contributed by atoms with Crippen molar-refractivity contribution in [3.63, 3.8) is 0 Å². The molecule has 6 nitrogen and oxygen atoms in total. The first-order chi connectivity index (χ1) is 8.58. The number of aryl methyl sites for hydroxylation is 1. The van der Waals surface area contributed by atoms with Gasteiger partial charge in [0.2, 0.25) is 0 Å². The molecule has 0 aliphatic heterocycles. The van der Waals surface area contributed by atoms with Crippen molar-refractivity contribution in [1.29, 1.82) is 0 Å². The number of carboxylic acids is 1. The molecule has 2 aromatic rings. The molecule has 0 fully saturated rings. The van der Waals surface area contributed by atoms with Crippen LogP contribution in [0, 0.1) is 0 Å². The molecular formula is C11H11ClN4O2. The fourth-order valence-corrected chi connectivity index (χ4v) is 1.64.